The van der Waals surface area contributed by atoms with Gasteiger partial charge in [-0.3, -0.25) is 4.79 Å². The molecule has 1 aliphatic carbocycles. The quantitative estimate of drug-likeness (QED) is 0.506. The predicted octanol–water partition coefficient (Wildman–Crippen LogP) is 1.43. The molecule has 1 aliphatic rings. The molecule has 0 aliphatic heterocycles. The Balaban J connectivity index is 2.43. The summed E-state index contributed by atoms with van der Waals surface area (Å²) in [5, 5.41) is 2.87. The van der Waals surface area contributed by atoms with Crippen LogP contribution in [0.2, 0.25) is 0 Å². The Morgan fingerprint density at radius 1 is 1.09 bits per heavy atom. The lowest BCUT2D eigenvalue weighted by molar-refractivity contribution is -0.121. The first kappa shape index (κ1) is 20.4. The standard InChI is InChI=1S/C16H33N3O3S/c1-18(2)13-8-12-17-16(20)11-14-19(23(3,21)22)15-9-6-4-5-7-10-15/h15H,4-14H2,1-3H3,(H,17,20). The van der Waals surface area contributed by atoms with Gasteiger partial charge in [0, 0.05) is 25.6 Å². The molecule has 0 aromatic carbocycles. The summed E-state index contributed by atoms with van der Waals surface area (Å²) in [6, 6.07) is 0.0639. The Hall–Kier alpha value is -0.660. The summed E-state index contributed by atoms with van der Waals surface area (Å²) >= 11 is 0. The minimum absolute atomic E-state index is 0.0639. The Kier molecular flexibility index (Phi) is 9.09. The maximum Gasteiger partial charge on any atom is 0.221 e. The second kappa shape index (κ2) is 10.3. The molecule has 1 N–H and O–H groups in total. The number of carbonyl (C=O) groups is 1. The van der Waals surface area contributed by atoms with E-state index in [4.69, 9.17) is 0 Å². The molecule has 1 fully saturated rings. The Labute approximate surface area is 141 Å². The monoisotopic (exact) mass is 347 g/mol. The van der Waals surface area contributed by atoms with Crippen molar-refractivity contribution in [2.45, 2.75) is 57.4 Å². The molecule has 0 bridgehead atoms. The van der Waals surface area contributed by atoms with Gasteiger partial charge in [0.25, 0.3) is 0 Å². The molecule has 0 aromatic rings. The van der Waals surface area contributed by atoms with Crippen molar-refractivity contribution in [3.63, 3.8) is 0 Å². The highest BCUT2D eigenvalue weighted by Gasteiger charge is 2.27. The summed E-state index contributed by atoms with van der Waals surface area (Å²) in [6.07, 6.45) is 8.74. The Bertz CT molecular complexity index is 443. The number of rotatable bonds is 9. The summed E-state index contributed by atoms with van der Waals surface area (Å²) in [4.78, 5) is 14.0. The van der Waals surface area contributed by atoms with Gasteiger partial charge in [0.05, 0.1) is 6.26 Å². The molecule has 0 atom stereocenters. The van der Waals surface area contributed by atoms with E-state index in [2.05, 4.69) is 10.2 Å². The maximum atomic E-state index is 12.1. The first-order valence-corrected chi connectivity index (χ1v) is 10.5. The van der Waals surface area contributed by atoms with Gasteiger partial charge in [-0.05, 0) is 39.9 Å². The van der Waals surface area contributed by atoms with Gasteiger partial charge in [-0.1, -0.05) is 25.7 Å². The smallest absolute Gasteiger partial charge is 0.221 e. The van der Waals surface area contributed by atoms with E-state index in [1.54, 1.807) is 4.31 Å². The zero-order valence-electron chi connectivity index (χ0n) is 14.9. The summed E-state index contributed by atoms with van der Waals surface area (Å²) in [7, 11) is 0.731. The van der Waals surface area contributed by atoms with Crippen LogP contribution in [0.25, 0.3) is 0 Å². The topological polar surface area (TPSA) is 69.7 Å². The second-order valence-corrected chi connectivity index (χ2v) is 8.71. The van der Waals surface area contributed by atoms with E-state index in [-0.39, 0.29) is 18.4 Å². The van der Waals surface area contributed by atoms with Crippen LogP contribution in [0.15, 0.2) is 0 Å². The van der Waals surface area contributed by atoms with Crippen LogP contribution < -0.4 is 5.32 Å². The highest BCUT2D eigenvalue weighted by molar-refractivity contribution is 7.88. The third-order valence-corrected chi connectivity index (χ3v) is 5.65. The number of hydrogen-bond acceptors (Lipinski definition) is 4. The molecule has 0 unspecified atom stereocenters. The number of carbonyl (C=O) groups excluding carboxylic acids is 1. The minimum Gasteiger partial charge on any atom is -0.356 e. The second-order valence-electron chi connectivity index (χ2n) is 6.78. The van der Waals surface area contributed by atoms with E-state index in [9.17, 15) is 13.2 Å². The molecule has 0 saturated heterocycles. The zero-order chi connectivity index (χ0) is 17.3. The molecule has 0 spiro atoms. The molecule has 6 nitrogen and oxygen atoms in total. The molecule has 0 aromatic heterocycles. The van der Waals surface area contributed by atoms with Crippen LogP contribution in [-0.2, 0) is 14.8 Å². The first-order valence-electron chi connectivity index (χ1n) is 8.69. The number of nitrogens with zero attached hydrogens (tertiary/aromatic N) is 2. The average Bonchev–Trinajstić information content (AvgIpc) is 2.71. The molecule has 23 heavy (non-hydrogen) atoms. The van der Waals surface area contributed by atoms with E-state index < -0.39 is 10.0 Å². The van der Waals surface area contributed by atoms with E-state index >= 15 is 0 Å². The van der Waals surface area contributed by atoms with Crippen LogP contribution in [0.1, 0.15) is 51.4 Å². The van der Waals surface area contributed by atoms with Crippen molar-refractivity contribution >= 4 is 15.9 Å². The van der Waals surface area contributed by atoms with Crippen LogP contribution in [-0.4, -0.2) is 69.6 Å². The zero-order valence-corrected chi connectivity index (χ0v) is 15.7. The molecule has 1 rings (SSSR count). The fourth-order valence-corrected chi connectivity index (χ4v) is 4.26. The van der Waals surface area contributed by atoms with Crippen molar-refractivity contribution in [3.8, 4) is 0 Å². The largest absolute Gasteiger partial charge is 0.356 e. The third kappa shape index (κ3) is 8.67. The number of amides is 1. The number of sulfonamides is 1. The predicted molar refractivity (Wildman–Crippen MR) is 93.8 cm³/mol. The van der Waals surface area contributed by atoms with Crippen molar-refractivity contribution in [1.29, 1.82) is 0 Å². The van der Waals surface area contributed by atoms with Crippen LogP contribution in [0, 0.1) is 0 Å². The van der Waals surface area contributed by atoms with Gasteiger partial charge in [-0.25, -0.2) is 8.42 Å². The molecule has 0 radical (unpaired) electrons. The van der Waals surface area contributed by atoms with Gasteiger partial charge < -0.3 is 10.2 Å². The molecular weight excluding hydrogens is 314 g/mol. The first-order chi connectivity index (χ1) is 10.8. The molecule has 7 heteroatoms. The van der Waals surface area contributed by atoms with Gasteiger partial charge in [0.15, 0.2) is 0 Å². The summed E-state index contributed by atoms with van der Waals surface area (Å²) in [5.41, 5.74) is 0. The lowest BCUT2D eigenvalue weighted by Gasteiger charge is -2.28. The molecule has 136 valence electrons. The maximum absolute atomic E-state index is 12.1. The number of hydrogen-bond donors (Lipinski definition) is 1. The van der Waals surface area contributed by atoms with Gasteiger partial charge in [0.1, 0.15) is 0 Å². The Morgan fingerprint density at radius 3 is 2.22 bits per heavy atom. The average molecular weight is 348 g/mol. The molecule has 0 heterocycles. The molecule has 1 saturated carbocycles. The summed E-state index contributed by atoms with van der Waals surface area (Å²) < 4.78 is 25.7. The van der Waals surface area contributed by atoms with Gasteiger partial charge in [0.2, 0.25) is 15.9 Å². The van der Waals surface area contributed by atoms with Gasteiger partial charge >= 0.3 is 0 Å². The van der Waals surface area contributed by atoms with Gasteiger partial charge in [-0.2, -0.15) is 4.31 Å². The highest BCUT2D eigenvalue weighted by atomic mass is 32.2. The minimum atomic E-state index is -3.27. The van der Waals surface area contributed by atoms with Crippen molar-refractivity contribution in [1.82, 2.24) is 14.5 Å². The highest BCUT2D eigenvalue weighted by Crippen LogP contribution is 2.23. The van der Waals surface area contributed by atoms with Gasteiger partial charge in [-0.15, -0.1) is 0 Å². The lowest BCUT2D eigenvalue weighted by Crippen LogP contribution is -2.41. The van der Waals surface area contributed by atoms with Crippen LogP contribution in [0.3, 0.4) is 0 Å². The van der Waals surface area contributed by atoms with Crippen molar-refractivity contribution in [3.05, 3.63) is 0 Å². The normalized spacial score (nSPS) is 17.4. The lowest BCUT2D eigenvalue weighted by atomic mass is 10.1. The summed E-state index contributed by atoms with van der Waals surface area (Å²) in [6.45, 7) is 1.86. The van der Waals surface area contributed by atoms with E-state index in [1.807, 2.05) is 14.1 Å². The summed E-state index contributed by atoms with van der Waals surface area (Å²) in [5.74, 6) is -0.0639. The van der Waals surface area contributed by atoms with E-state index in [0.29, 0.717) is 13.1 Å². The number of nitrogens with one attached hydrogen (secondary N) is 1. The van der Waals surface area contributed by atoms with Crippen molar-refractivity contribution in [2.75, 3.05) is 40.0 Å². The van der Waals surface area contributed by atoms with Crippen LogP contribution in [0.5, 0.6) is 0 Å². The van der Waals surface area contributed by atoms with Crippen LogP contribution >= 0.6 is 0 Å². The SMILES string of the molecule is CN(C)CCCNC(=O)CCN(C1CCCCCC1)S(C)(=O)=O. The van der Waals surface area contributed by atoms with E-state index in [1.165, 1.54) is 19.1 Å². The van der Waals surface area contributed by atoms with Crippen molar-refractivity contribution < 1.29 is 13.2 Å². The van der Waals surface area contributed by atoms with Crippen LogP contribution in [0.4, 0.5) is 0 Å². The van der Waals surface area contributed by atoms with E-state index in [0.717, 1.165) is 38.6 Å². The van der Waals surface area contributed by atoms with Crippen molar-refractivity contribution in [2.24, 2.45) is 0 Å². The third-order valence-electron chi connectivity index (χ3n) is 4.32. The fraction of sp³-hybridized carbons (Fsp3) is 0.938. The fourth-order valence-electron chi connectivity index (χ4n) is 3.09. The molecule has 1 amide bonds. The molecular formula is C16H33N3O3S. The Morgan fingerprint density at radius 2 is 1.70 bits per heavy atom.